The van der Waals surface area contributed by atoms with Gasteiger partial charge < -0.3 is 15.6 Å². The fraction of sp³-hybridized carbons (Fsp3) is 0.471. The minimum Gasteiger partial charge on any atom is -0.369 e. The van der Waals surface area contributed by atoms with Gasteiger partial charge in [-0.05, 0) is 37.3 Å². The van der Waals surface area contributed by atoms with E-state index in [1.165, 1.54) is 16.5 Å². The predicted octanol–water partition coefficient (Wildman–Crippen LogP) is 2.31. The van der Waals surface area contributed by atoms with Crippen molar-refractivity contribution in [3.05, 3.63) is 36.0 Å². The number of fused-ring (bicyclic) bond motifs is 1. The maximum Gasteiger partial charge on any atom is 0.220 e. The first kappa shape index (κ1) is 14.1. The van der Waals surface area contributed by atoms with Crippen molar-refractivity contribution in [3.8, 4) is 0 Å². The number of carbonyl (C=O) groups excluding carboxylic acids is 1. The van der Waals surface area contributed by atoms with Crippen LogP contribution in [-0.2, 0) is 18.4 Å². The third-order valence-corrected chi connectivity index (χ3v) is 4.69. The van der Waals surface area contributed by atoms with Crippen molar-refractivity contribution in [1.29, 1.82) is 0 Å². The van der Waals surface area contributed by atoms with Gasteiger partial charge in [0.2, 0.25) is 5.91 Å². The van der Waals surface area contributed by atoms with E-state index < -0.39 is 0 Å². The molecule has 0 saturated heterocycles. The lowest BCUT2D eigenvalue weighted by molar-refractivity contribution is -0.122. The molecule has 1 aliphatic rings. The number of benzene rings is 1. The highest BCUT2D eigenvalue weighted by Crippen LogP contribution is 2.25. The fourth-order valence-corrected chi connectivity index (χ4v) is 3.40. The molecule has 0 aliphatic heterocycles. The van der Waals surface area contributed by atoms with E-state index in [1.807, 2.05) is 0 Å². The number of hydrogen-bond acceptors (Lipinski definition) is 2. The van der Waals surface area contributed by atoms with Crippen molar-refractivity contribution >= 4 is 16.8 Å². The second kappa shape index (κ2) is 5.90. The summed E-state index contributed by atoms with van der Waals surface area (Å²) in [6, 6.07) is 8.99. The number of carbonyl (C=O) groups is 1. The highest BCUT2D eigenvalue weighted by Gasteiger charge is 2.24. The summed E-state index contributed by atoms with van der Waals surface area (Å²) < 4.78 is 2.18. The fourth-order valence-electron chi connectivity index (χ4n) is 3.40. The second-order valence-corrected chi connectivity index (χ2v) is 6.11. The first-order valence-electron chi connectivity index (χ1n) is 7.71. The molecule has 2 aromatic rings. The van der Waals surface area contributed by atoms with E-state index >= 15 is 0 Å². The molecule has 3 rings (SSSR count). The van der Waals surface area contributed by atoms with Gasteiger partial charge >= 0.3 is 0 Å². The summed E-state index contributed by atoms with van der Waals surface area (Å²) in [7, 11) is 2.09. The number of aryl methyl sites for hydroxylation is 1. The summed E-state index contributed by atoms with van der Waals surface area (Å²) in [5.74, 6) is -0.0527. The molecule has 1 aromatic carbocycles. The van der Waals surface area contributed by atoms with Crippen molar-refractivity contribution in [2.24, 2.45) is 18.7 Å². The normalized spacial score (nSPS) is 22.5. The third-order valence-electron chi connectivity index (χ3n) is 4.69. The van der Waals surface area contributed by atoms with Gasteiger partial charge in [-0.1, -0.05) is 18.2 Å². The Hall–Kier alpha value is -1.81. The molecule has 0 unspecified atom stereocenters. The summed E-state index contributed by atoms with van der Waals surface area (Å²) >= 11 is 0. The van der Waals surface area contributed by atoms with E-state index in [1.54, 1.807) is 0 Å². The van der Waals surface area contributed by atoms with Crippen LogP contribution in [0.3, 0.4) is 0 Å². The molecule has 1 amide bonds. The molecular formula is C17H23N3O. The number of para-hydroxylation sites is 1. The topological polar surface area (TPSA) is 60.1 Å². The zero-order valence-electron chi connectivity index (χ0n) is 12.5. The molecule has 1 aromatic heterocycles. The summed E-state index contributed by atoms with van der Waals surface area (Å²) in [5.41, 5.74) is 7.99. The molecule has 3 N–H and O–H groups in total. The lowest BCUT2D eigenvalue weighted by Crippen LogP contribution is -2.36. The van der Waals surface area contributed by atoms with Crippen LogP contribution in [0.4, 0.5) is 0 Å². The molecule has 0 atom stereocenters. The van der Waals surface area contributed by atoms with Gasteiger partial charge in [0, 0.05) is 42.7 Å². The molecule has 112 valence electrons. The average molecular weight is 285 g/mol. The Balaban J connectivity index is 1.61. The molecule has 0 radical (unpaired) electrons. The van der Waals surface area contributed by atoms with Crippen LogP contribution < -0.4 is 11.1 Å². The average Bonchev–Trinajstić information content (AvgIpc) is 2.83. The van der Waals surface area contributed by atoms with Gasteiger partial charge in [0.1, 0.15) is 0 Å². The Morgan fingerprint density at radius 2 is 2.00 bits per heavy atom. The van der Waals surface area contributed by atoms with Gasteiger partial charge in [-0.25, -0.2) is 0 Å². The van der Waals surface area contributed by atoms with Crippen molar-refractivity contribution in [3.63, 3.8) is 0 Å². The van der Waals surface area contributed by atoms with Gasteiger partial charge in [-0.2, -0.15) is 0 Å². The molecule has 1 fully saturated rings. The molecule has 0 bridgehead atoms. The van der Waals surface area contributed by atoms with Crippen LogP contribution in [0.15, 0.2) is 30.5 Å². The number of nitrogens with two attached hydrogens (primary N) is 1. The van der Waals surface area contributed by atoms with Crippen molar-refractivity contribution in [2.75, 3.05) is 0 Å². The Morgan fingerprint density at radius 1 is 1.29 bits per heavy atom. The van der Waals surface area contributed by atoms with Crippen LogP contribution in [0, 0.1) is 5.92 Å². The molecule has 1 saturated carbocycles. The molecule has 1 aliphatic carbocycles. The van der Waals surface area contributed by atoms with E-state index in [0.717, 1.165) is 32.2 Å². The standard InChI is InChI=1S/C17H23N3O/c1-20-11-13(15-4-2-3-5-16(15)20)10-19-14-8-6-12(7-9-14)17(18)21/h2-5,11-12,14,19H,6-10H2,1H3,(H2,18,21). The lowest BCUT2D eigenvalue weighted by atomic mass is 9.85. The van der Waals surface area contributed by atoms with Crippen LogP contribution in [0.1, 0.15) is 31.2 Å². The molecular weight excluding hydrogens is 262 g/mol. The summed E-state index contributed by atoms with van der Waals surface area (Å²) in [5, 5.41) is 4.96. The Bertz CT molecular complexity index is 639. The number of primary amides is 1. The van der Waals surface area contributed by atoms with Crippen LogP contribution >= 0.6 is 0 Å². The van der Waals surface area contributed by atoms with Crippen molar-refractivity contribution < 1.29 is 4.79 Å². The van der Waals surface area contributed by atoms with E-state index in [2.05, 4.69) is 47.4 Å². The molecule has 0 spiro atoms. The largest absolute Gasteiger partial charge is 0.369 e. The maximum atomic E-state index is 11.2. The van der Waals surface area contributed by atoms with Crippen LogP contribution in [0.5, 0.6) is 0 Å². The smallest absolute Gasteiger partial charge is 0.220 e. The van der Waals surface area contributed by atoms with E-state index in [4.69, 9.17) is 5.73 Å². The number of rotatable bonds is 4. The first-order chi connectivity index (χ1) is 10.1. The van der Waals surface area contributed by atoms with E-state index in [0.29, 0.717) is 6.04 Å². The number of nitrogens with zero attached hydrogens (tertiary/aromatic N) is 1. The van der Waals surface area contributed by atoms with E-state index in [-0.39, 0.29) is 11.8 Å². The lowest BCUT2D eigenvalue weighted by Gasteiger charge is -2.27. The zero-order valence-corrected chi connectivity index (χ0v) is 12.5. The number of nitrogens with one attached hydrogen (secondary N) is 1. The van der Waals surface area contributed by atoms with Crippen molar-refractivity contribution in [1.82, 2.24) is 9.88 Å². The van der Waals surface area contributed by atoms with Crippen LogP contribution in [0.25, 0.3) is 10.9 Å². The molecule has 4 nitrogen and oxygen atoms in total. The number of hydrogen-bond donors (Lipinski definition) is 2. The van der Waals surface area contributed by atoms with Gasteiger partial charge in [0.25, 0.3) is 0 Å². The Labute approximate surface area is 125 Å². The minimum absolute atomic E-state index is 0.0839. The molecule has 21 heavy (non-hydrogen) atoms. The van der Waals surface area contributed by atoms with Crippen LogP contribution in [-0.4, -0.2) is 16.5 Å². The summed E-state index contributed by atoms with van der Waals surface area (Å²) in [6.07, 6.45) is 6.12. The van der Waals surface area contributed by atoms with Crippen molar-refractivity contribution in [2.45, 2.75) is 38.3 Å². The monoisotopic (exact) mass is 285 g/mol. The Morgan fingerprint density at radius 3 is 2.71 bits per heavy atom. The summed E-state index contributed by atoms with van der Waals surface area (Å²) in [6.45, 7) is 0.882. The number of aromatic nitrogens is 1. The maximum absolute atomic E-state index is 11.2. The minimum atomic E-state index is -0.137. The van der Waals surface area contributed by atoms with Gasteiger partial charge in [0.15, 0.2) is 0 Å². The van der Waals surface area contributed by atoms with Crippen LogP contribution in [0.2, 0.25) is 0 Å². The highest BCUT2D eigenvalue weighted by molar-refractivity contribution is 5.83. The third kappa shape index (κ3) is 2.95. The van der Waals surface area contributed by atoms with Gasteiger partial charge in [-0.15, -0.1) is 0 Å². The van der Waals surface area contributed by atoms with E-state index in [9.17, 15) is 4.79 Å². The predicted molar refractivity (Wildman–Crippen MR) is 84.7 cm³/mol. The first-order valence-corrected chi connectivity index (χ1v) is 7.71. The SMILES string of the molecule is Cn1cc(CNC2CCC(C(N)=O)CC2)c2ccccc21. The molecule has 4 heteroatoms. The number of amides is 1. The summed E-state index contributed by atoms with van der Waals surface area (Å²) in [4.78, 5) is 11.2. The molecule has 1 heterocycles. The van der Waals surface area contributed by atoms with Gasteiger partial charge in [0.05, 0.1) is 0 Å². The van der Waals surface area contributed by atoms with Gasteiger partial charge in [-0.3, -0.25) is 4.79 Å². The second-order valence-electron chi connectivity index (χ2n) is 6.11. The zero-order chi connectivity index (χ0) is 14.8. The quantitative estimate of drug-likeness (QED) is 0.905. The highest BCUT2D eigenvalue weighted by atomic mass is 16.1. The Kier molecular flexibility index (Phi) is 3.97.